The van der Waals surface area contributed by atoms with Gasteiger partial charge in [0.05, 0.1) is 16.7 Å². The smallest absolute Gasteiger partial charge is 0.135 e. The average molecular weight is 700 g/mol. The van der Waals surface area contributed by atoms with Crippen molar-refractivity contribution in [1.29, 1.82) is 0 Å². The van der Waals surface area contributed by atoms with Crippen LogP contribution in [0, 0.1) is 0 Å². The zero-order valence-electron chi connectivity index (χ0n) is 29.9. The Morgan fingerprint density at radius 3 is 1.89 bits per heavy atom. The van der Waals surface area contributed by atoms with Crippen molar-refractivity contribution in [2.45, 2.75) is 5.92 Å². The highest BCUT2D eigenvalue weighted by Crippen LogP contribution is 2.49. The molecule has 9 aromatic carbocycles. The number of furan rings is 1. The van der Waals surface area contributed by atoms with Gasteiger partial charge in [0.25, 0.3) is 0 Å². The van der Waals surface area contributed by atoms with Crippen LogP contribution in [0.15, 0.2) is 199 Å². The van der Waals surface area contributed by atoms with E-state index in [1.807, 2.05) is 12.1 Å². The number of hydrogen-bond acceptors (Lipinski definition) is 1. The van der Waals surface area contributed by atoms with E-state index in [9.17, 15) is 0 Å². The van der Waals surface area contributed by atoms with E-state index in [4.69, 9.17) is 4.42 Å². The van der Waals surface area contributed by atoms with Crippen LogP contribution in [0.3, 0.4) is 0 Å². The first kappa shape index (κ1) is 30.3. The first-order valence-electron chi connectivity index (χ1n) is 19.0. The maximum atomic E-state index is 6.18. The lowest BCUT2D eigenvalue weighted by Crippen LogP contribution is -1.99. The molecule has 12 rings (SSSR count). The maximum Gasteiger partial charge on any atom is 0.135 e. The molecule has 1 aliphatic rings. The van der Waals surface area contributed by atoms with E-state index in [2.05, 4.69) is 187 Å². The molecule has 0 aliphatic heterocycles. The van der Waals surface area contributed by atoms with E-state index >= 15 is 0 Å². The van der Waals surface area contributed by atoms with Crippen LogP contribution >= 0.6 is 0 Å². The van der Waals surface area contributed by atoms with Crippen LogP contribution in [0.5, 0.6) is 0 Å². The molecule has 0 fully saturated rings. The Morgan fingerprint density at radius 2 is 0.982 bits per heavy atom. The van der Waals surface area contributed by atoms with Gasteiger partial charge < -0.3 is 8.98 Å². The van der Waals surface area contributed by atoms with Crippen LogP contribution < -0.4 is 0 Å². The Morgan fingerprint density at radius 1 is 0.345 bits per heavy atom. The molecule has 0 spiro atoms. The Bertz CT molecular complexity index is 3330. The third kappa shape index (κ3) is 4.49. The molecule has 0 amide bonds. The van der Waals surface area contributed by atoms with Gasteiger partial charge in [-0.3, -0.25) is 0 Å². The highest BCUT2D eigenvalue weighted by Gasteiger charge is 2.30. The summed E-state index contributed by atoms with van der Waals surface area (Å²) in [6.45, 7) is 0. The van der Waals surface area contributed by atoms with Gasteiger partial charge in [-0.25, -0.2) is 0 Å². The summed E-state index contributed by atoms with van der Waals surface area (Å²) in [5.41, 5.74) is 17.0. The highest BCUT2D eigenvalue weighted by molar-refractivity contribution is 6.13. The summed E-state index contributed by atoms with van der Waals surface area (Å²) in [7, 11) is 0. The summed E-state index contributed by atoms with van der Waals surface area (Å²) in [6, 6.07) is 71.1. The SMILES string of the molecule is c1ccc(C2c3ccccc3-c3ccc(-c4ccc5c6ccccc6n(-c6ccc(-c7ccc8oc9ccccc9c8c7)c7ccccc67)c5c4)cc32)cc1. The van der Waals surface area contributed by atoms with E-state index in [0.717, 1.165) is 21.9 Å². The van der Waals surface area contributed by atoms with Gasteiger partial charge in [-0.1, -0.05) is 152 Å². The molecular weight excluding hydrogens is 667 g/mol. The molecule has 1 atom stereocenters. The molecule has 2 heteroatoms. The molecular formula is C53H33NO. The van der Waals surface area contributed by atoms with Gasteiger partial charge in [0.1, 0.15) is 11.2 Å². The van der Waals surface area contributed by atoms with Crippen molar-refractivity contribution < 1.29 is 4.42 Å². The standard InChI is InChI=1S/C53H33NO/c1-2-12-33(13-3-1)53-45-19-7-5-15-39(45)40-25-22-34(30-47(40)53)35-23-26-43-42-17-8-10-20-48(42)54(50(43)32-35)49-28-27-37(38-14-4-6-16-41(38)49)36-24-29-52-46(31-36)44-18-9-11-21-51(44)55-52/h1-32,53H. The number of aromatic nitrogens is 1. The fraction of sp³-hybridized carbons (Fsp3) is 0.0189. The third-order valence-electron chi connectivity index (χ3n) is 11.9. The molecule has 11 aromatic rings. The molecule has 0 N–H and O–H groups in total. The number of benzene rings is 9. The van der Waals surface area contributed by atoms with Crippen molar-refractivity contribution >= 4 is 54.5 Å². The minimum atomic E-state index is 0.209. The Kier molecular flexibility index (Phi) is 6.43. The normalized spacial score (nSPS) is 13.6. The fourth-order valence-corrected chi connectivity index (χ4v) is 9.43. The van der Waals surface area contributed by atoms with Crippen molar-refractivity contribution in [3.63, 3.8) is 0 Å². The first-order chi connectivity index (χ1) is 27.3. The number of para-hydroxylation sites is 2. The van der Waals surface area contributed by atoms with Crippen molar-refractivity contribution in [3.05, 3.63) is 211 Å². The molecule has 0 radical (unpaired) electrons. The van der Waals surface area contributed by atoms with Crippen LogP contribution in [-0.2, 0) is 0 Å². The topological polar surface area (TPSA) is 18.1 Å². The summed E-state index contributed by atoms with van der Waals surface area (Å²) in [4.78, 5) is 0. The summed E-state index contributed by atoms with van der Waals surface area (Å²) >= 11 is 0. The van der Waals surface area contributed by atoms with Crippen molar-refractivity contribution in [2.24, 2.45) is 0 Å². The van der Waals surface area contributed by atoms with Gasteiger partial charge in [0, 0.05) is 32.8 Å². The van der Waals surface area contributed by atoms with Crippen molar-refractivity contribution in [3.8, 4) is 39.1 Å². The molecule has 2 aromatic heterocycles. The Hall–Kier alpha value is -7.16. The van der Waals surface area contributed by atoms with Crippen LogP contribution in [-0.4, -0.2) is 4.57 Å². The molecule has 256 valence electrons. The number of rotatable bonds is 4. The van der Waals surface area contributed by atoms with Crippen molar-refractivity contribution in [2.75, 3.05) is 0 Å². The highest BCUT2D eigenvalue weighted by atomic mass is 16.3. The summed E-state index contributed by atoms with van der Waals surface area (Å²) in [5.74, 6) is 0.209. The number of nitrogens with zero attached hydrogens (tertiary/aromatic N) is 1. The quantitative estimate of drug-likeness (QED) is 0.179. The zero-order valence-corrected chi connectivity index (χ0v) is 29.9. The lowest BCUT2D eigenvalue weighted by atomic mass is 9.88. The Labute approximate surface area is 318 Å². The van der Waals surface area contributed by atoms with E-state index in [1.54, 1.807) is 0 Å². The van der Waals surface area contributed by atoms with Crippen molar-refractivity contribution in [1.82, 2.24) is 4.57 Å². The molecule has 1 unspecified atom stereocenters. The van der Waals surface area contributed by atoms with Gasteiger partial charge in [-0.15, -0.1) is 0 Å². The van der Waals surface area contributed by atoms with E-state index < -0.39 is 0 Å². The van der Waals surface area contributed by atoms with Crippen LogP contribution in [0.1, 0.15) is 22.6 Å². The van der Waals surface area contributed by atoms with E-state index in [1.165, 1.54) is 88.3 Å². The summed E-state index contributed by atoms with van der Waals surface area (Å²) < 4.78 is 8.66. The zero-order chi connectivity index (χ0) is 36.0. The van der Waals surface area contributed by atoms with E-state index in [0.29, 0.717) is 0 Å². The molecule has 0 saturated carbocycles. The summed E-state index contributed by atoms with van der Waals surface area (Å²) in [5, 5.41) is 7.22. The van der Waals surface area contributed by atoms with Gasteiger partial charge in [-0.2, -0.15) is 0 Å². The molecule has 2 heterocycles. The predicted molar refractivity (Wildman–Crippen MR) is 229 cm³/mol. The van der Waals surface area contributed by atoms with Crippen LogP contribution in [0.2, 0.25) is 0 Å². The monoisotopic (exact) mass is 699 g/mol. The molecule has 1 aliphatic carbocycles. The minimum Gasteiger partial charge on any atom is -0.456 e. The predicted octanol–water partition coefficient (Wildman–Crippen LogP) is 14.3. The maximum absolute atomic E-state index is 6.18. The second-order valence-electron chi connectivity index (χ2n) is 14.8. The molecule has 0 saturated heterocycles. The number of fused-ring (bicyclic) bond motifs is 10. The average Bonchev–Trinajstić information content (AvgIpc) is 3.90. The van der Waals surface area contributed by atoms with Crippen LogP contribution in [0.4, 0.5) is 0 Å². The molecule has 2 nitrogen and oxygen atoms in total. The second-order valence-corrected chi connectivity index (χ2v) is 14.8. The van der Waals surface area contributed by atoms with Crippen LogP contribution in [0.25, 0.3) is 93.6 Å². The lowest BCUT2D eigenvalue weighted by Gasteiger charge is -2.16. The minimum absolute atomic E-state index is 0.209. The van der Waals surface area contributed by atoms with Gasteiger partial charge in [0.15, 0.2) is 0 Å². The van der Waals surface area contributed by atoms with E-state index in [-0.39, 0.29) is 5.92 Å². The Balaban J connectivity index is 1.04. The van der Waals surface area contributed by atoms with Gasteiger partial charge >= 0.3 is 0 Å². The second kappa shape index (κ2) is 11.7. The molecule has 55 heavy (non-hydrogen) atoms. The number of hydrogen-bond donors (Lipinski definition) is 0. The van der Waals surface area contributed by atoms with Gasteiger partial charge in [0.2, 0.25) is 0 Å². The molecule has 0 bridgehead atoms. The van der Waals surface area contributed by atoms with Gasteiger partial charge in [-0.05, 0) is 97.9 Å². The first-order valence-corrected chi connectivity index (χ1v) is 19.0. The lowest BCUT2D eigenvalue weighted by molar-refractivity contribution is 0.669. The summed E-state index contributed by atoms with van der Waals surface area (Å²) in [6.07, 6.45) is 0. The fourth-order valence-electron chi connectivity index (χ4n) is 9.43. The largest absolute Gasteiger partial charge is 0.456 e. The third-order valence-corrected chi connectivity index (χ3v) is 11.9.